The largest absolute Gasteiger partial charge is 0.139 e. The van der Waals surface area contributed by atoms with Crippen LogP contribution in [-0.2, 0) is 0 Å². The van der Waals surface area contributed by atoms with E-state index >= 15 is 0 Å². The van der Waals surface area contributed by atoms with E-state index in [2.05, 4.69) is 196 Å². The van der Waals surface area contributed by atoms with Crippen molar-refractivity contribution >= 4 is 191 Å². The zero-order chi connectivity index (χ0) is 41.1. The van der Waals surface area contributed by atoms with Crippen LogP contribution in [-0.4, -0.2) is 62.8 Å². The van der Waals surface area contributed by atoms with Crippen molar-refractivity contribution in [3.05, 3.63) is 133 Å². The quantitative estimate of drug-likeness (QED) is 0.188. The van der Waals surface area contributed by atoms with Gasteiger partial charge in [0.25, 0.3) is 0 Å². The molecule has 274 valence electrons. The molecule has 0 amide bonds. The second kappa shape index (κ2) is 14.0. The topological polar surface area (TPSA) is 0 Å². The van der Waals surface area contributed by atoms with Crippen molar-refractivity contribution in [3.8, 4) is 44.5 Å². The molecule has 11 rings (SSSR count). The summed E-state index contributed by atoms with van der Waals surface area (Å²) < 4.78 is 5.39. The van der Waals surface area contributed by atoms with Crippen molar-refractivity contribution in [2.45, 2.75) is 0 Å². The summed E-state index contributed by atoms with van der Waals surface area (Å²) in [5, 5.41) is 10.9. The average molecular weight is 789 g/mol. The minimum atomic E-state index is 1.26. The summed E-state index contributed by atoms with van der Waals surface area (Å²) in [5.74, 6) is 0. The van der Waals surface area contributed by atoms with Crippen LogP contribution < -0.4 is 43.7 Å². The van der Waals surface area contributed by atoms with Crippen LogP contribution in [0.4, 0.5) is 0 Å². The third kappa shape index (κ3) is 5.40. The molecule has 0 N–H and O–H groups in total. The normalized spacial score (nSPS) is 11.9. The molecule has 0 aliphatic rings. The lowest BCUT2D eigenvalue weighted by Gasteiger charge is -2.28. The highest BCUT2D eigenvalue weighted by Crippen LogP contribution is 2.44. The van der Waals surface area contributed by atoms with Gasteiger partial charge < -0.3 is 0 Å². The first kappa shape index (κ1) is 37.5. The molecule has 0 saturated heterocycles. The van der Waals surface area contributed by atoms with E-state index in [1.54, 1.807) is 0 Å². The Bertz CT molecular complexity index is 3300. The standard InChI is InChI=1S/C50H38B8S2/c51-41-37-35(25-19-15-23(16-20-25)27-9-5-11-31-29-7-1-3-13-33(29)59-49(27)31)38-40(44(54)48(58)46(56)42(38)52)36(39(37)43(53)47(57)45(41)55)26-21-17-24(18-22-26)28-10-6-12-32-30-8-2-4-14-34(30)60-50(28)32/h1-22H,51-58H2. The maximum atomic E-state index is 2.40. The lowest BCUT2D eigenvalue weighted by molar-refractivity contribution is 1.65. The molecular weight excluding hydrogens is 751 g/mol. The number of thiophene rings is 2. The number of hydrogen-bond acceptors (Lipinski definition) is 2. The van der Waals surface area contributed by atoms with E-state index < -0.39 is 0 Å². The summed E-state index contributed by atoms with van der Waals surface area (Å²) >= 11 is 3.80. The van der Waals surface area contributed by atoms with Gasteiger partial charge >= 0.3 is 0 Å². The van der Waals surface area contributed by atoms with Crippen LogP contribution in [0.25, 0.3) is 106 Å². The van der Waals surface area contributed by atoms with E-state index in [9.17, 15) is 0 Å². The van der Waals surface area contributed by atoms with Crippen LogP contribution in [0, 0.1) is 0 Å². The van der Waals surface area contributed by atoms with E-state index in [-0.39, 0.29) is 0 Å². The maximum absolute atomic E-state index is 2.40. The van der Waals surface area contributed by atoms with E-state index in [1.165, 1.54) is 150 Å². The van der Waals surface area contributed by atoms with Gasteiger partial charge in [0.05, 0.1) is 0 Å². The third-order valence-electron chi connectivity index (χ3n) is 14.2. The van der Waals surface area contributed by atoms with Crippen molar-refractivity contribution in [2.24, 2.45) is 0 Å². The minimum absolute atomic E-state index is 1.26. The smallest absolute Gasteiger partial charge is 0.135 e. The fourth-order valence-electron chi connectivity index (χ4n) is 10.3. The number of fused-ring (bicyclic) bond motifs is 8. The number of rotatable bonds is 4. The second-order valence-corrected chi connectivity index (χ2v) is 19.1. The SMILES string of the molecule is Bc1c(B)c(B)c2c(-c3ccc(-c4cccc5c4sc4ccccc45)cc3)c3c(B)c(B)c(B)c(B)c3c(-c3ccc(-c4cccc5c4sc4ccccc45)cc3)c2c1B. The molecule has 0 aliphatic carbocycles. The summed E-state index contributed by atoms with van der Waals surface area (Å²) in [4.78, 5) is 0. The van der Waals surface area contributed by atoms with E-state index in [1.807, 2.05) is 22.7 Å². The fourth-order valence-corrected chi connectivity index (χ4v) is 12.8. The Kier molecular flexibility index (Phi) is 8.75. The molecule has 0 atom stereocenters. The first-order chi connectivity index (χ1) is 29.1. The van der Waals surface area contributed by atoms with Crippen molar-refractivity contribution in [2.75, 3.05) is 0 Å². The zero-order valence-corrected chi connectivity index (χ0v) is 37.2. The predicted molar refractivity (Wildman–Crippen MR) is 294 cm³/mol. The Balaban J connectivity index is 1.17. The summed E-state index contributed by atoms with van der Waals surface area (Å²) in [5.41, 5.74) is 21.4. The molecule has 11 aromatic rings. The molecule has 2 aromatic heterocycles. The summed E-state index contributed by atoms with van der Waals surface area (Å²) in [7, 11) is 18.7. The maximum Gasteiger partial charge on any atom is 0.139 e. The Morgan fingerprint density at radius 3 is 0.917 bits per heavy atom. The highest BCUT2D eigenvalue weighted by Gasteiger charge is 2.25. The molecule has 60 heavy (non-hydrogen) atoms. The van der Waals surface area contributed by atoms with Crippen LogP contribution in [0.3, 0.4) is 0 Å². The Morgan fingerprint density at radius 2 is 0.567 bits per heavy atom. The van der Waals surface area contributed by atoms with Crippen LogP contribution >= 0.6 is 22.7 Å². The van der Waals surface area contributed by atoms with E-state index in [4.69, 9.17) is 0 Å². The Hall–Kier alpha value is -5.54. The predicted octanol–water partition coefficient (Wildman–Crippen LogP) is 1.46. The van der Waals surface area contributed by atoms with E-state index in [0.717, 1.165) is 0 Å². The summed E-state index contributed by atoms with van der Waals surface area (Å²) in [6.45, 7) is 0. The van der Waals surface area contributed by atoms with Gasteiger partial charge in [0.2, 0.25) is 0 Å². The van der Waals surface area contributed by atoms with Crippen LogP contribution in [0.5, 0.6) is 0 Å². The molecule has 2 heterocycles. The van der Waals surface area contributed by atoms with Gasteiger partial charge in [0.15, 0.2) is 0 Å². The molecule has 0 unspecified atom stereocenters. The Morgan fingerprint density at radius 1 is 0.267 bits per heavy atom. The molecular formula is C50H38B8S2. The monoisotopic (exact) mass is 790 g/mol. The van der Waals surface area contributed by atoms with Crippen LogP contribution in [0.1, 0.15) is 0 Å². The molecule has 0 aliphatic heterocycles. The third-order valence-corrected chi connectivity index (χ3v) is 16.6. The van der Waals surface area contributed by atoms with E-state index in [0.29, 0.717) is 0 Å². The van der Waals surface area contributed by atoms with Gasteiger partial charge in [-0.25, -0.2) is 0 Å². The molecule has 10 heteroatoms. The van der Waals surface area contributed by atoms with Gasteiger partial charge in [-0.1, -0.05) is 143 Å². The highest BCUT2D eigenvalue weighted by atomic mass is 32.1. The zero-order valence-electron chi connectivity index (χ0n) is 35.5. The molecule has 0 fully saturated rings. The Labute approximate surface area is 366 Å². The average Bonchev–Trinajstić information content (AvgIpc) is 3.87. The lowest BCUT2D eigenvalue weighted by atomic mass is 9.59. The van der Waals surface area contributed by atoms with Crippen LogP contribution in [0.2, 0.25) is 0 Å². The lowest BCUT2D eigenvalue weighted by Crippen LogP contribution is -2.50. The molecule has 0 radical (unpaired) electrons. The molecule has 0 bridgehead atoms. The van der Waals surface area contributed by atoms with Crippen molar-refractivity contribution in [1.29, 1.82) is 0 Å². The molecule has 9 aromatic carbocycles. The van der Waals surface area contributed by atoms with Gasteiger partial charge in [-0.3, -0.25) is 0 Å². The second-order valence-electron chi connectivity index (χ2n) is 17.0. The fraction of sp³-hybridized carbons (Fsp3) is 0. The number of benzene rings is 9. The highest BCUT2D eigenvalue weighted by molar-refractivity contribution is 7.26. The van der Waals surface area contributed by atoms with Gasteiger partial charge in [0, 0.05) is 40.3 Å². The van der Waals surface area contributed by atoms with Gasteiger partial charge in [-0.2, -0.15) is 0 Å². The summed E-state index contributed by atoms with van der Waals surface area (Å²) in [6.07, 6.45) is 0. The number of hydrogen-bond donors (Lipinski definition) is 0. The summed E-state index contributed by atoms with van der Waals surface area (Å²) in [6, 6.07) is 50.2. The van der Waals surface area contributed by atoms with Gasteiger partial charge in [0.1, 0.15) is 62.8 Å². The van der Waals surface area contributed by atoms with Gasteiger partial charge in [-0.05, 0) is 78.2 Å². The van der Waals surface area contributed by atoms with Crippen molar-refractivity contribution < 1.29 is 0 Å². The van der Waals surface area contributed by atoms with Crippen LogP contribution in [0.15, 0.2) is 133 Å². The first-order valence-electron chi connectivity index (χ1n) is 21.1. The van der Waals surface area contributed by atoms with Crippen molar-refractivity contribution in [1.82, 2.24) is 0 Å². The molecule has 0 nitrogen and oxygen atoms in total. The van der Waals surface area contributed by atoms with Gasteiger partial charge in [-0.15, -0.1) is 44.5 Å². The van der Waals surface area contributed by atoms with Crippen molar-refractivity contribution in [3.63, 3.8) is 0 Å². The molecule has 0 saturated carbocycles. The minimum Gasteiger partial charge on any atom is -0.135 e. The first-order valence-corrected chi connectivity index (χ1v) is 22.7. The molecule has 0 spiro atoms.